The first kappa shape index (κ1) is 23.0. The second-order valence-corrected chi connectivity index (χ2v) is 10.2. The summed E-state index contributed by atoms with van der Waals surface area (Å²) in [6, 6.07) is 9.66. The van der Waals surface area contributed by atoms with E-state index in [1.165, 1.54) is 11.8 Å². The van der Waals surface area contributed by atoms with Crippen molar-refractivity contribution >= 4 is 25.4 Å². The minimum atomic E-state index is -3.95. The molecule has 0 aliphatic carbocycles. The molecule has 1 heterocycles. The lowest BCUT2D eigenvalue weighted by atomic mass is 10.1. The van der Waals surface area contributed by atoms with Gasteiger partial charge in [-0.1, -0.05) is 42.5 Å². The molecule has 1 fully saturated rings. The monoisotopic (exact) mass is 428 g/mol. The Bertz CT molecular complexity index is 697. The van der Waals surface area contributed by atoms with Crippen LogP contribution in [0.2, 0.25) is 0 Å². The normalized spacial score (nSPS) is 19.0. The van der Waals surface area contributed by atoms with Crippen LogP contribution in [-0.4, -0.2) is 74.3 Å². The number of carbonyl (C=O) groups excluding carboxylic acids is 1. The second kappa shape index (κ2) is 11.0. The molecule has 7 nitrogen and oxygen atoms in total. The lowest BCUT2D eigenvalue weighted by molar-refractivity contribution is 0.193. The highest BCUT2D eigenvalue weighted by Crippen LogP contribution is 2.38. The van der Waals surface area contributed by atoms with E-state index in [0.29, 0.717) is 25.3 Å². The molecule has 2 rings (SSSR count). The maximum absolute atomic E-state index is 12.4. The number of likely N-dealkylation sites (N-methyl/N-ethyl adjacent to an activating group) is 1. The van der Waals surface area contributed by atoms with E-state index in [9.17, 15) is 14.5 Å². The quantitative estimate of drug-likeness (QED) is 0.284. The number of nitrogens with zero attached hydrogens (tertiary/aromatic N) is 2. The van der Waals surface area contributed by atoms with Crippen molar-refractivity contribution in [1.82, 2.24) is 9.80 Å². The highest BCUT2D eigenvalue weighted by atomic mass is 32.2. The molecule has 156 valence electrons. The van der Waals surface area contributed by atoms with Crippen molar-refractivity contribution in [1.29, 1.82) is 0 Å². The predicted molar refractivity (Wildman–Crippen MR) is 112 cm³/mol. The Morgan fingerprint density at radius 3 is 2.68 bits per heavy atom. The lowest BCUT2D eigenvalue weighted by Gasteiger charge is -2.21. The number of aliphatic hydroxyl groups excluding tert-OH is 1. The highest BCUT2D eigenvalue weighted by molar-refractivity contribution is 8.04. The fraction of sp³-hybridized carbons (Fsp3) is 0.526. The van der Waals surface area contributed by atoms with E-state index < -0.39 is 13.7 Å². The largest absolute Gasteiger partial charge is 0.389 e. The molecule has 0 bridgehead atoms. The Kier molecular flexibility index (Phi) is 9.05. The maximum atomic E-state index is 12.4. The Morgan fingerprint density at radius 1 is 1.29 bits per heavy atom. The summed E-state index contributed by atoms with van der Waals surface area (Å²) in [7, 11) is -2.18. The topological polar surface area (TPSA) is 101 Å². The molecule has 1 aliphatic rings. The predicted octanol–water partition coefficient (Wildman–Crippen LogP) is 2.53. The zero-order valence-corrected chi connectivity index (χ0v) is 17.8. The van der Waals surface area contributed by atoms with Crippen molar-refractivity contribution < 1.29 is 24.3 Å². The minimum Gasteiger partial charge on any atom is -0.389 e. The number of benzene rings is 1. The van der Waals surface area contributed by atoms with E-state index in [0.717, 1.165) is 18.4 Å². The number of carbonyl (C=O) groups is 1. The molecule has 28 heavy (non-hydrogen) atoms. The molecule has 0 aromatic heterocycles. The fourth-order valence-electron chi connectivity index (χ4n) is 3.09. The Hall–Kier alpha value is -1.31. The molecule has 1 aliphatic heterocycles. The summed E-state index contributed by atoms with van der Waals surface area (Å²) in [5.41, 5.74) is 0.896. The van der Waals surface area contributed by atoms with E-state index >= 15 is 0 Å². The third-order valence-electron chi connectivity index (χ3n) is 4.47. The lowest BCUT2D eigenvalue weighted by Crippen LogP contribution is -2.34. The van der Waals surface area contributed by atoms with Gasteiger partial charge in [0.25, 0.3) is 0 Å². The Morgan fingerprint density at radius 2 is 2.00 bits per heavy atom. The number of unbranched alkanes of at least 4 members (excludes halogenated alkanes) is 1. The van der Waals surface area contributed by atoms with Gasteiger partial charge in [-0.2, -0.15) is 0 Å². The fourth-order valence-corrected chi connectivity index (χ4v) is 4.97. The van der Waals surface area contributed by atoms with E-state index in [1.807, 2.05) is 36.4 Å². The number of rotatable bonds is 11. The van der Waals surface area contributed by atoms with Crippen LogP contribution in [0.15, 0.2) is 42.5 Å². The number of aliphatic hydroxyl groups is 1. The second-order valence-electron chi connectivity index (χ2n) is 6.97. The van der Waals surface area contributed by atoms with Crippen molar-refractivity contribution in [2.45, 2.75) is 31.4 Å². The summed E-state index contributed by atoms with van der Waals surface area (Å²) in [6.07, 6.45) is 5.14. The van der Waals surface area contributed by atoms with Gasteiger partial charge in [0.05, 0.1) is 17.6 Å². The first-order valence-electron chi connectivity index (χ1n) is 9.30. The van der Waals surface area contributed by atoms with Crippen LogP contribution in [0.1, 0.15) is 18.4 Å². The molecule has 0 saturated carbocycles. The number of amides is 2. The molecule has 2 atom stereocenters. The van der Waals surface area contributed by atoms with Gasteiger partial charge in [-0.05, 0) is 24.2 Å². The van der Waals surface area contributed by atoms with Gasteiger partial charge in [0.15, 0.2) is 0 Å². The summed E-state index contributed by atoms with van der Waals surface area (Å²) in [4.78, 5) is 33.5. The van der Waals surface area contributed by atoms with Crippen LogP contribution >= 0.6 is 19.4 Å². The van der Waals surface area contributed by atoms with Crippen LogP contribution in [0.5, 0.6) is 0 Å². The van der Waals surface area contributed by atoms with Gasteiger partial charge < -0.3 is 24.7 Å². The van der Waals surface area contributed by atoms with E-state index in [4.69, 9.17) is 9.79 Å². The van der Waals surface area contributed by atoms with E-state index in [-0.39, 0.29) is 17.6 Å². The molecule has 2 unspecified atom stereocenters. The number of thioether (sulfide) groups is 1. The van der Waals surface area contributed by atoms with E-state index in [2.05, 4.69) is 0 Å². The van der Waals surface area contributed by atoms with Crippen LogP contribution < -0.4 is 0 Å². The first-order valence-corrected chi connectivity index (χ1v) is 12.3. The molecule has 2 amide bonds. The van der Waals surface area contributed by atoms with Gasteiger partial charge in [0, 0.05) is 26.6 Å². The molecule has 1 aromatic carbocycles. The number of hydrogen-bond donors (Lipinski definition) is 3. The standard InChI is InChI=1S/C19H29N2O5PS/c1-20-14-17(9-10-18(22)13-16-7-3-2-4-8-16)21(19(20)23)11-5-6-12-28-15-27(24,25)26/h2-4,7-10,17-18,22H,5-6,11-15H2,1H3,(H2,24,25,26). The SMILES string of the molecule is CN1CC(C=CC(O)Cc2ccccc2)N(CCCCSCP(=O)(O)O)C1=O. The third-order valence-corrected chi connectivity index (χ3v) is 7.13. The van der Waals surface area contributed by atoms with Crippen molar-refractivity contribution in [3.05, 3.63) is 48.0 Å². The molecule has 9 heteroatoms. The average molecular weight is 428 g/mol. The molecule has 1 aromatic rings. The first-order chi connectivity index (χ1) is 13.3. The van der Waals surface area contributed by atoms with Crippen LogP contribution in [0.3, 0.4) is 0 Å². The van der Waals surface area contributed by atoms with Crippen molar-refractivity contribution in [2.75, 3.05) is 31.4 Å². The van der Waals surface area contributed by atoms with Gasteiger partial charge in [-0.15, -0.1) is 11.8 Å². The Balaban J connectivity index is 1.79. The van der Waals surface area contributed by atoms with Crippen LogP contribution in [0, 0.1) is 0 Å². The molecular weight excluding hydrogens is 399 g/mol. The summed E-state index contributed by atoms with van der Waals surface area (Å²) in [5.74, 6) is 0.652. The smallest absolute Gasteiger partial charge is 0.335 e. The third kappa shape index (κ3) is 7.97. The zero-order chi connectivity index (χ0) is 20.6. The van der Waals surface area contributed by atoms with Gasteiger partial charge in [-0.25, -0.2) is 4.79 Å². The zero-order valence-electron chi connectivity index (χ0n) is 16.1. The van der Waals surface area contributed by atoms with Crippen molar-refractivity contribution in [2.24, 2.45) is 0 Å². The van der Waals surface area contributed by atoms with Gasteiger partial charge >= 0.3 is 13.6 Å². The highest BCUT2D eigenvalue weighted by Gasteiger charge is 2.32. The van der Waals surface area contributed by atoms with E-state index in [1.54, 1.807) is 22.9 Å². The molecule has 1 saturated heterocycles. The average Bonchev–Trinajstić information content (AvgIpc) is 2.90. The van der Waals surface area contributed by atoms with Crippen molar-refractivity contribution in [3.8, 4) is 0 Å². The van der Waals surface area contributed by atoms with Gasteiger partial charge in [0.1, 0.15) is 0 Å². The maximum Gasteiger partial charge on any atom is 0.335 e. The minimum absolute atomic E-state index is 0.0323. The number of urea groups is 1. The summed E-state index contributed by atoms with van der Waals surface area (Å²) in [6.45, 7) is 1.17. The summed E-state index contributed by atoms with van der Waals surface area (Å²) in [5, 5.41) is 10.2. The molecule has 0 spiro atoms. The van der Waals surface area contributed by atoms with Crippen LogP contribution in [-0.2, 0) is 11.0 Å². The van der Waals surface area contributed by atoms with Crippen molar-refractivity contribution in [3.63, 3.8) is 0 Å². The number of hydrogen-bond acceptors (Lipinski definition) is 4. The molecule has 3 N–H and O–H groups in total. The Labute approximate surface area is 170 Å². The van der Waals surface area contributed by atoms with Crippen LogP contribution in [0.25, 0.3) is 0 Å². The van der Waals surface area contributed by atoms with Crippen LogP contribution in [0.4, 0.5) is 4.79 Å². The molecule has 0 radical (unpaired) electrons. The summed E-state index contributed by atoms with van der Waals surface area (Å²) >= 11 is 1.24. The summed E-state index contributed by atoms with van der Waals surface area (Å²) < 4.78 is 10.8. The molecular formula is C19H29N2O5PS. The van der Waals surface area contributed by atoms with Gasteiger partial charge in [0.2, 0.25) is 0 Å². The van der Waals surface area contributed by atoms with Gasteiger partial charge in [-0.3, -0.25) is 4.57 Å².